The number of carboxylic acid groups (broad SMARTS) is 1. The maximum atomic E-state index is 11.8. The van der Waals surface area contributed by atoms with E-state index in [1.54, 1.807) is 12.1 Å². The summed E-state index contributed by atoms with van der Waals surface area (Å²) < 4.78 is 0. The number of hydrogen-bond acceptors (Lipinski definition) is 2. The summed E-state index contributed by atoms with van der Waals surface area (Å²) in [5.41, 5.74) is 2.96. The average molecular weight is 375 g/mol. The molecule has 1 aromatic heterocycles. The summed E-state index contributed by atoms with van der Waals surface area (Å²) in [6, 6.07) is 12.5. The van der Waals surface area contributed by atoms with Crippen molar-refractivity contribution >= 4 is 40.1 Å². The van der Waals surface area contributed by atoms with Gasteiger partial charge in [-0.3, -0.25) is 10.1 Å². The highest BCUT2D eigenvalue weighted by atomic mass is 35.5. The lowest BCUT2D eigenvalue weighted by atomic mass is 9.80. The Bertz CT molecular complexity index is 998. The van der Waals surface area contributed by atoms with Gasteiger partial charge in [-0.25, -0.2) is 0 Å². The first kappa shape index (κ1) is 16.5. The number of carbonyl (C=O) groups is 1. The Morgan fingerprint density at radius 2 is 2.00 bits per heavy atom. The van der Waals surface area contributed by atoms with Crippen LogP contribution in [-0.4, -0.2) is 22.1 Å². The van der Waals surface area contributed by atoms with Crippen molar-refractivity contribution in [2.45, 2.75) is 24.9 Å². The Morgan fingerprint density at radius 3 is 2.72 bits per heavy atom. The summed E-state index contributed by atoms with van der Waals surface area (Å²) in [6.07, 6.45) is 0.412. The highest BCUT2D eigenvalue weighted by Gasteiger charge is 2.43. The fourth-order valence-electron chi connectivity index (χ4n) is 3.77. The molecule has 25 heavy (non-hydrogen) atoms. The van der Waals surface area contributed by atoms with Gasteiger partial charge in [0.2, 0.25) is 0 Å². The first-order chi connectivity index (χ1) is 11.9. The summed E-state index contributed by atoms with van der Waals surface area (Å²) in [4.78, 5) is 15.2. The maximum Gasteiger partial charge on any atom is 0.321 e. The predicted molar refractivity (Wildman–Crippen MR) is 99.5 cm³/mol. The minimum Gasteiger partial charge on any atom is -0.480 e. The molecule has 4 rings (SSSR count). The van der Waals surface area contributed by atoms with Crippen molar-refractivity contribution in [2.24, 2.45) is 0 Å². The van der Waals surface area contributed by atoms with Crippen molar-refractivity contribution in [1.82, 2.24) is 10.3 Å². The zero-order chi connectivity index (χ0) is 17.8. The zero-order valence-electron chi connectivity index (χ0n) is 13.4. The van der Waals surface area contributed by atoms with Crippen LogP contribution in [-0.2, 0) is 16.8 Å². The van der Waals surface area contributed by atoms with E-state index in [2.05, 4.69) is 10.3 Å². The smallest absolute Gasteiger partial charge is 0.321 e. The summed E-state index contributed by atoms with van der Waals surface area (Å²) in [6.45, 7) is 1.95. The number of halogens is 2. The number of nitrogens with one attached hydrogen (secondary N) is 2. The van der Waals surface area contributed by atoms with E-state index in [0.717, 1.165) is 27.7 Å². The number of rotatable bonds is 2. The molecule has 3 aromatic rings. The second-order valence-corrected chi connectivity index (χ2v) is 7.36. The molecule has 6 heteroatoms. The molecule has 4 nitrogen and oxygen atoms in total. The third-order valence-corrected chi connectivity index (χ3v) is 5.50. The van der Waals surface area contributed by atoms with Crippen LogP contribution in [0.15, 0.2) is 42.5 Å². The standard InChI is InChI=1S/C19H16Cl2N2O2/c1-19(13-7-6-10(20)8-14(13)21)17-12(9-16(23-19)18(24)25)11-4-2-3-5-15(11)22-17/h2-8,16,22-23H,9H2,1H3,(H,24,25)/t16-,19+/m0/s1. The van der Waals surface area contributed by atoms with E-state index in [-0.39, 0.29) is 0 Å². The van der Waals surface area contributed by atoms with E-state index < -0.39 is 17.6 Å². The van der Waals surface area contributed by atoms with Gasteiger partial charge >= 0.3 is 5.97 Å². The number of fused-ring (bicyclic) bond motifs is 3. The molecule has 2 atom stereocenters. The van der Waals surface area contributed by atoms with Crippen LogP contribution in [0.3, 0.4) is 0 Å². The van der Waals surface area contributed by atoms with E-state index in [0.29, 0.717) is 16.5 Å². The molecule has 0 fully saturated rings. The SMILES string of the molecule is C[C@]1(c2ccc(Cl)cc2Cl)N[C@H](C(=O)O)Cc2c1[nH]c1ccccc21. The number of aromatic amines is 1. The Hall–Kier alpha value is -2.01. The average Bonchev–Trinajstić information content (AvgIpc) is 2.94. The van der Waals surface area contributed by atoms with E-state index in [1.807, 2.05) is 37.3 Å². The van der Waals surface area contributed by atoms with Gasteiger partial charge in [0.25, 0.3) is 0 Å². The molecule has 0 aliphatic carbocycles. The molecule has 128 valence electrons. The highest BCUT2D eigenvalue weighted by molar-refractivity contribution is 6.35. The lowest BCUT2D eigenvalue weighted by Gasteiger charge is -2.39. The van der Waals surface area contributed by atoms with Crippen LogP contribution in [0.5, 0.6) is 0 Å². The van der Waals surface area contributed by atoms with Crippen molar-refractivity contribution in [3.63, 3.8) is 0 Å². The minimum atomic E-state index is -0.882. The van der Waals surface area contributed by atoms with Gasteiger partial charge in [-0.15, -0.1) is 0 Å². The second kappa shape index (κ2) is 5.77. The van der Waals surface area contributed by atoms with Crippen LogP contribution < -0.4 is 5.32 Å². The number of carboxylic acids is 1. The summed E-state index contributed by atoms with van der Waals surface area (Å²) >= 11 is 12.5. The first-order valence-electron chi connectivity index (χ1n) is 7.96. The van der Waals surface area contributed by atoms with Gasteiger partial charge < -0.3 is 10.1 Å². The van der Waals surface area contributed by atoms with Gasteiger partial charge in [0.15, 0.2) is 0 Å². The molecule has 3 N–H and O–H groups in total. The maximum absolute atomic E-state index is 11.8. The van der Waals surface area contributed by atoms with Crippen molar-refractivity contribution in [3.8, 4) is 0 Å². The van der Waals surface area contributed by atoms with Crippen molar-refractivity contribution in [2.75, 3.05) is 0 Å². The van der Waals surface area contributed by atoms with E-state index in [9.17, 15) is 9.90 Å². The quantitative estimate of drug-likeness (QED) is 0.625. The molecule has 1 aliphatic heterocycles. The van der Waals surface area contributed by atoms with Gasteiger partial charge in [0, 0.05) is 33.1 Å². The van der Waals surface area contributed by atoms with Crippen LogP contribution in [0.25, 0.3) is 10.9 Å². The number of benzene rings is 2. The Kier molecular flexibility index (Phi) is 3.80. The number of para-hydroxylation sites is 1. The molecule has 0 amide bonds. The monoisotopic (exact) mass is 374 g/mol. The van der Waals surface area contributed by atoms with Gasteiger partial charge in [-0.05, 0) is 36.2 Å². The summed E-state index contributed by atoms with van der Waals surface area (Å²) in [5.74, 6) is -0.882. The molecule has 0 spiro atoms. The number of aromatic nitrogens is 1. The highest BCUT2D eigenvalue weighted by Crippen LogP contribution is 2.42. The van der Waals surface area contributed by atoms with E-state index in [4.69, 9.17) is 23.2 Å². The van der Waals surface area contributed by atoms with Crippen LogP contribution >= 0.6 is 23.2 Å². The number of aliphatic carboxylic acids is 1. The van der Waals surface area contributed by atoms with Gasteiger partial charge in [0.05, 0.1) is 5.54 Å². The molecule has 2 aromatic carbocycles. The molecule has 1 aliphatic rings. The normalized spacial score (nSPS) is 22.8. The van der Waals surface area contributed by atoms with Gasteiger partial charge in [0.1, 0.15) is 6.04 Å². The largest absolute Gasteiger partial charge is 0.480 e. The summed E-state index contributed by atoms with van der Waals surface area (Å²) in [5, 5.41) is 15.0. The fourth-order valence-corrected chi connectivity index (χ4v) is 4.37. The fraction of sp³-hybridized carbons (Fsp3) is 0.211. The first-order valence-corrected chi connectivity index (χ1v) is 8.72. The third-order valence-electron chi connectivity index (χ3n) is 4.95. The molecular weight excluding hydrogens is 359 g/mol. The third kappa shape index (κ3) is 2.53. The van der Waals surface area contributed by atoms with Crippen molar-refractivity contribution in [3.05, 3.63) is 69.3 Å². The van der Waals surface area contributed by atoms with Crippen LogP contribution in [0.1, 0.15) is 23.7 Å². The lowest BCUT2D eigenvalue weighted by molar-refractivity contribution is -0.140. The Balaban J connectivity index is 2.00. The second-order valence-electron chi connectivity index (χ2n) is 6.51. The molecular formula is C19H16Cl2N2O2. The molecule has 0 saturated heterocycles. The molecule has 2 heterocycles. The van der Waals surface area contributed by atoms with Crippen LogP contribution in [0.2, 0.25) is 10.0 Å². The summed E-state index contributed by atoms with van der Waals surface area (Å²) in [7, 11) is 0. The Morgan fingerprint density at radius 1 is 1.24 bits per heavy atom. The molecule has 0 radical (unpaired) electrons. The van der Waals surface area contributed by atoms with Crippen LogP contribution in [0, 0.1) is 0 Å². The van der Waals surface area contributed by atoms with Gasteiger partial charge in [-0.1, -0.05) is 47.5 Å². The number of H-pyrrole nitrogens is 1. The van der Waals surface area contributed by atoms with Crippen LogP contribution in [0.4, 0.5) is 0 Å². The topological polar surface area (TPSA) is 65.1 Å². The van der Waals surface area contributed by atoms with Crippen molar-refractivity contribution in [1.29, 1.82) is 0 Å². The molecule has 0 bridgehead atoms. The zero-order valence-corrected chi connectivity index (χ0v) is 14.9. The molecule has 0 saturated carbocycles. The predicted octanol–water partition coefficient (Wildman–Crippen LogP) is 4.34. The number of hydrogen-bond donors (Lipinski definition) is 3. The molecule has 0 unspecified atom stereocenters. The van der Waals surface area contributed by atoms with Crippen molar-refractivity contribution < 1.29 is 9.90 Å². The van der Waals surface area contributed by atoms with Gasteiger partial charge in [-0.2, -0.15) is 0 Å². The lowest BCUT2D eigenvalue weighted by Crippen LogP contribution is -2.54. The minimum absolute atomic E-state index is 0.412. The van der Waals surface area contributed by atoms with E-state index >= 15 is 0 Å². The van der Waals surface area contributed by atoms with E-state index in [1.165, 1.54) is 0 Å². The Labute approximate surface area is 154 Å².